The Morgan fingerprint density at radius 3 is 2.44 bits per heavy atom. The van der Waals surface area contributed by atoms with Crippen molar-refractivity contribution < 1.29 is 0 Å². The second-order valence-electron chi connectivity index (χ2n) is 4.22. The number of hydrogen-bond donors (Lipinski definition) is 1. The number of hydrogen-bond acceptors (Lipinski definition) is 3. The maximum atomic E-state index is 5.76. The fraction of sp³-hybridized carbons (Fsp3) is 0.133. The van der Waals surface area contributed by atoms with Crippen LogP contribution >= 0.6 is 11.3 Å². The maximum Gasteiger partial charge on any atom is 0.0982 e. The predicted molar refractivity (Wildman–Crippen MR) is 76.8 cm³/mol. The summed E-state index contributed by atoms with van der Waals surface area (Å²) in [6, 6.07) is 16.6. The van der Waals surface area contributed by atoms with Gasteiger partial charge in [0, 0.05) is 13.0 Å². The van der Waals surface area contributed by atoms with E-state index in [0.29, 0.717) is 6.54 Å². The van der Waals surface area contributed by atoms with E-state index in [9.17, 15) is 0 Å². The molecule has 3 heteroatoms. The van der Waals surface area contributed by atoms with Gasteiger partial charge < -0.3 is 5.73 Å². The molecule has 0 atom stereocenters. The van der Waals surface area contributed by atoms with Crippen LogP contribution in [0, 0.1) is 0 Å². The summed E-state index contributed by atoms with van der Waals surface area (Å²) in [5.74, 6) is 0. The van der Waals surface area contributed by atoms with Crippen LogP contribution in [-0.2, 0) is 13.0 Å². The van der Waals surface area contributed by atoms with Gasteiger partial charge in [0.15, 0.2) is 0 Å². The van der Waals surface area contributed by atoms with Gasteiger partial charge in [-0.15, -0.1) is 11.3 Å². The Morgan fingerprint density at radius 1 is 0.944 bits per heavy atom. The summed E-state index contributed by atoms with van der Waals surface area (Å²) >= 11 is 1.76. The fourth-order valence-electron chi connectivity index (χ4n) is 2.09. The third-order valence-corrected chi connectivity index (χ3v) is 4.05. The van der Waals surface area contributed by atoms with E-state index in [0.717, 1.165) is 16.9 Å². The average molecular weight is 254 g/mol. The molecule has 1 heterocycles. The molecule has 3 rings (SSSR count). The molecule has 0 spiro atoms. The van der Waals surface area contributed by atoms with E-state index >= 15 is 0 Å². The van der Waals surface area contributed by atoms with E-state index in [1.165, 1.54) is 15.8 Å². The van der Waals surface area contributed by atoms with E-state index < -0.39 is 0 Å². The van der Waals surface area contributed by atoms with Crippen molar-refractivity contribution in [1.82, 2.24) is 4.98 Å². The SMILES string of the molecule is NCc1ccccc1Cc1nc2ccccc2s1. The van der Waals surface area contributed by atoms with E-state index in [1.54, 1.807) is 11.3 Å². The Hall–Kier alpha value is -1.71. The van der Waals surface area contributed by atoms with Crippen LogP contribution in [0.5, 0.6) is 0 Å². The minimum Gasteiger partial charge on any atom is -0.326 e. The van der Waals surface area contributed by atoms with Gasteiger partial charge in [-0.05, 0) is 23.3 Å². The Bertz CT molecular complexity index is 640. The molecule has 2 nitrogen and oxygen atoms in total. The highest BCUT2D eigenvalue weighted by Crippen LogP contribution is 2.24. The van der Waals surface area contributed by atoms with Crippen LogP contribution < -0.4 is 5.73 Å². The van der Waals surface area contributed by atoms with Crippen LogP contribution in [0.1, 0.15) is 16.1 Å². The minimum atomic E-state index is 0.584. The van der Waals surface area contributed by atoms with Crippen LogP contribution in [0.4, 0.5) is 0 Å². The van der Waals surface area contributed by atoms with E-state index in [2.05, 4.69) is 41.4 Å². The summed E-state index contributed by atoms with van der Waals surface area (Å²) in [4.78, 5) is 4.66. The summed E-state index contributed by atoms with van der Waals surface area (Å²) in [7, 11) is 0. The second kappa shape index (κ2) is 4.88. The van der Waals surface area contributed by atoms with Crippen LogP contribution in [0.3, 0.4) is 0 Å². The van der Waals surface area contributed by atoms with Gasteiger partial charge in [0.25, 0.3) is 0 Å². The van der Waals surface area contributed by atoms with Crippen molar-refractivity contribution in [1.29, 1.82) is 0 Å². The molecule has 1 aromatic heterocycles. The van der Waals surface area contributed by atoms with Crippen molar-refractivity contribution in [3.8, 4) is 0 Å². The highest BCUT2D eigenvalue weighted by Gasteiger charge is 2.06. The zero-order valence-corrected chi connectivity index (χ0v) is 10.8. The third-order valence-electron chi connectivity index (χ3n) is 3.02. The van der Waals surface area contributed by atoms with E-state index in [4.69, 9.17) is 5.73 Å². The Kier molecular flexibility index (Phi) is 3.09. The van der Waals surface area contributed by atoms with Crippen LogP contribution in [-0.4, -0.2) is 4.98 Å². The first-order chi connectivity index (χ1) is 8.86. The van der Waals surface area contributed by atoms with Crippen LogP contribution in [0.15, 0.2) is 48.5 Å². The molecule has 0 radical (unpaired) electrons. The standard InChI is InChI=1S/C15H14N2S/c16-10-12-6-2-1-5-11(12)9-15-17-13-7-3-4-8-14(13)18-15/h1-8H,9-10,16H2. The van der Waals surface area contributed by atoms with Crippen molar-refractivity contribution in [2.45, 2.75) is 13.0 Å². The summed E-state index contributed by atoms with van der Waals surface area (Å²) in [5, 5.41) is 1.15. The van der Waals surface area contributed by atoms with E-state index in [-0.39, 0.29) is 0 Å². The first-order valence-corrected chi connectivity index (χ1v) is 6.80. The largest absolute Gasteiger partial charge is 0.326 e. The fourth-order valence-corrected chi connectivity index (χ4v) is 3.08. The molecule has 0 bridgehead atoms. The van der Waals surface area contributed by atoms with Crippen molar-refractivity contribution in [3.63, 3.8) is 0 Å². The number of fused-ring (bicyclic) bond motifs is 1. The summed E-state index contributed by atoms with van der Waals surface area (Å²) in [6.45, 7) is 0.584. The van der Waals surface area contributed by atoms with Gasteiger partial charge in [-0.2, -0.15) is 0 Å². The molecule has 0 fully saturated rings. The smallest absolute Gasteiger partial charge is 0.0982 e. The molecule has 2 N–H and O–H groups in total. The van der Waals surface area contributed by atoms with E-state index in [1.807, 2.05) is 12.1 Å². The lowest BCUT2D eigenvalue weighted by atomic mass is 10.1. The molecule has 0 saturated heterocycles. The molecule has 0 amide bonds. The number of benzene rings is 2. The minimum absolute atomic E-state index is 0.584. The summed E-state index contributed by atoms with van der Waals surface area (Å²) in [6.07, 6.45) is 0.868. The predicted octanol–water partition coefficient (Wildman–Crippen LogP) is 3.35. The third kappa shape index (κ3) is 2.15. The van der Waals surface area contributed by atoms with Gasteiger partial charge in [0.1, 0.15) is 0 Å². The molecule has 90 valence electrons. The Morgan fingerprint density at radius 2 is 1.67 bits per heavy atom. The highest BCUT2D eigenvalue weighted by molar-refractivity contribution is 7.18. The van der Waals surface area contributed by atoms with Gasteiger partial charge in [0.2, 0.25) is 0 Å². The molecule has 18 heavy (non-hydrogen) atoms. The van der Waals surface area contributed by atoms with Gasteiger partial charge in [-0.1, -0.05) is 36.4 Å². The lowest BCUT2D eigenvalue weighted by Crippen LogP contribution is -2.01. The average Bonchev–Trinajstić information content (AvgIpc) is 2.81. The highest BCUT2D eigenvalue weighted by atomic mass is 32.1. The number of para-hydroxylation sites is 1. The number of nitrogens with zero attached hydrogens (tertiary/aromatic N) is 1. The van der Waals surface area contributed by atoms with Crippen molar-refractivity contribution in [2.75, 3.05) is 0 Å². The lowest BCUT2D eigenvalue weighted by molar-refractivity contribution is 1.01. The molecule has 0 saturated carbocycles. The van der Waals surface area contributed by atoms with Crippen LogP contribution in [0.25, 0.3) is 10.2 Å². The maximum absolute atomic E-state index is 5.76. The lowest BCUT2D eigenvalue weighted by Gasteiger charge is -2.04. The Balaban J connectivity index is 1.96. The monoisotopic (exact) mass is 254 g/mol. The number of nitrogens with two attached hydrogens (primary N) is 1. The zero-order chi connectivity index (χ0) is 12.4. The van der Waals surface area contributed by atoms with Crippen molar-refractivity contribution in [2.24, 2.45) is 5.73 Å². The normalized spacial score (nSPS) is 10.9. The molecule has 3 aromatic rings. The first kappa shape index (κ1) is 11.4. The van der Waals surface area contributed by atoms with Gasteiger partial charge in [-0.3, -0.25) is 0 Å². The molecule has 2 aromatic carbocycles. The number of aromatic nitrogens is 1. The van der Waals surface area contributed by atoms with Crippen molar-refractivity contribution in [3.05, 3.63) is 64.7 Å². The molecular formula is C15H14N2S. The topological polar surface area (TPSA) is 38.9 Å². The second-order valence-corrected chi connectivity index (χ2v) is 5.34. The van der Waals surface area contributed by atoms with Gasteiger partial charge in [-0.25, -0.2) is 4.98 Å². The summed E-state index contributed by atoms with van der Waals surface area (Å²) < 4.78 is 1.25. The summed E-state index contributed by atoms with van der Waals surface area (Å²) in [5.41, 5.74) is 9.33. The zero-order valence-electron chi connectivity index (χ0n) is 9.97. The van der Waals surface area contributed by atoms with Gasteiger partial charge >= 0.3 is 0 Å². The van der Waals surface area contributed by atoms with Crippen molar-refractivity contribution >= 4 is 21.6 Å². The first-order valence-electron chi connectivity index (χ1n) is 5.98. The number of rotatable bonds is 3. The quantitative estimate of drug-likeness (QED) is 0.778. The molecule has 0 aliphatic rings. The Labute approximate surface area is 110 Å². The molecule has 0 aliphatic carbocycles. The number of thiazole rings is 1. The molecular weight excluding hydrogens is 240 g/mol. The molecule has 0 unspecified atom stereocenters. The van der Waals surface area contributed by atoms with Crippen LogP contribution in [0.2, 0.25) is 0 Å². The van der Waals surface area contributed by atoms with Gasteiger partial charge in [0.05, 0.1) is 15.2 Å². The molecule has 0 aliphatic heterocycles.